The molecule has 4 heteroatoms. The molecule has 110 valence electrons. The van der Waals surface area contributed by atoms with Crippen LogP contribution in [0, 0.1) is 11.8 Å². The molecule has 1 amide bonds. The van der Waals surface area contributed by atoms with E-state index in [9.17, 15) is 4.79 Å². The van der Waals surface area contributed by atoms with Crippen molar-refractivity contribution in [2.75, 3.05) is 6.54 Å². The Labute approximate surface area is 116 Å². The molecule has 4 nitrogen and oxygen atoms in total. The first kappa shape index (κ1) is 15.9. The van der Waals surface area contributed by atoms with Gasteiger partial charge in [-0.2, -0.15) is 0 Å². The van der Waals surface area contributed by atoms with Gasteiger partial charge in [0.05, 0.1) is 0 Å². The molecule has 19 heavy (non-hydrogen) atoms. The number of ether oxygens (including phenoxy) is 1. The fraction of sp³-hybridized carbons (Fsp3) is 0.800. The van der Waals surface area contributed by atoms with Crippen LogP contribution in [0.5, 0.6) is 0 Å². The van der Waals surface area contributed by atoms with Gasteiger partial charge in [-0.25, -0.2) is 4.79 Å². The van der Waals surface area contributed by atoms with Crippen LogP contribution in [-0.2, 0) is 4.74 Å². The van der Waals surface area contributed by atoms with Crippen LogP contribution in [0.3, 0.4) is 0 Å². The lowest BCUT2D eigenvalue weighted by Crippen LogP contribution is -2.36. The highest BCUT2D eigenvalue weighted by Crippen LogP contribution is 2.31. The maximum Gasteiger partial charge on any atom is 0.407 e. The zero-order chi connectivity index (χ0) is 14.5. The Balaban J connectivity index is 2.19. The van der Waals surface area contributed by atoms with Gasteiger partial charge in [-0.1, -0.05) is 6.58 Å². The van der Waals surface area contributed by atoms with Gasteiger partial charge in [-0.05, 0) is 64.7 Å². The molecule has 1 fully saturated rings. The fourth-order valence-electron chi connectivity index (χ4n) is 2.55. The number of amides is 1. The Bertz CT molecular complexity index is 313. The van der Waals surface area contributed by atoms with Crippen LogP contribution in [0.2, 0.25) is 0 Å². The first-order valence-electron chi connectivity index (χ1n) is 7.16. The van der Waals surface area contributed by atoms with Crippen molar-refractivity contribution in [2.24, 2.45) is 17.6 Å². The van der Waals surface area contributed by atoms with E-state index in [-0.39, 0.29) is 6.09 Å². The van der Waals surface area contributed by atoms with E-state index in [4.69, 9.17) is 10.5 Å². The van der Waals surface area contributed by atoms with E-state index in [1.165, 1.54) is 12.8 Å². The summed E-state index contributed by atoms with van der Waals surface area (Å²) < 4.78 is 5.22. The molecular weight excluding hydrogens is 240 g/mol. The summed E-state index contributed by atoms with van der Waals surface area (Å²) in [5, 5.41) is 2.86. The first-order valence-corrected chi connectivity index (χ1v) is 7.16. The molecular formula is C15H28N2O2. The van der Waals surface area contributed by atoms with E-state index in [0.29, 0.717) is 18.4 Å². The first-order chi connectivity index (χ1) is 8.76. The van der Waals surface area contributed by atoms with Crippen LogP contribution in [-0.4, -0.2) is 18.2 Å². The Morgan fingerprint density at radius 2 is 1.79 bits per heavy atom. The molecule has 3 N–H and O–H groups in total. The zero-order valence-electron chi connectivity index (χ0n) is 12.5. The molecule has 0 unspecified atom stereocenters. The third-order valence-electron chi connectivity index (χ3n) is 3.45. The summed E-state index contributed by atoms with van der Waals surface area (Å²) in [6.07, 6.45) is 5.27. The van der Waals surface area contributed by atoms with Crippen molar-refractivity contribution in [3.8, 4) is 0 Å². The highest BCUT2D eigenvalue weighted by Gasteiger charge is 2.22. The van der Waals surface area contributed by atoms with E-state index in [1.807, 2.05) is 20.8 Å². The average molecular weight is 268 g/mol. The number of rotatable bonds is 4. The molecule has 1 aliphatic rings. The largest absolute Gasteiger partial charge is 0.444 e. The van der Waals surface area contributed by atoms with Crippen LogP contribution >= 0.6 is 0 Å². The summed E-state index contributed by atoms with van der Waals surface area (Å²) in [5.74, 6) is 1.24. The molecule has 0 aliphatic heterocycles. The highest BCUT2D eigenvalue weighted by atomic mass is 16.6. The predicted molar refractivity (Wildman–Crippen MR) is 77.6 cm³/mol. The Morgan fingerprint density at radius 3 is 2.26 bits per heavy atom. The van der Waals surface area contributed by atoms with Gasteiger partial charge in [0.15, 0.2) is 0 Å². The zero-order valence-corrected chi connectivity index (χ0v) is 12.5. The molecule has 0 bridgehead atoms. The van der Waals surface area contributed by atoms with Crippen molar-refractivity contribution in [1.82, 2.24) is 5.32 Å². The molecule has 0 spiro atoms. The number of carbonyl (C=O) groups is 1. The summed E-state index contributed by atoms with van der Waals surface area (Å²) in [4.78, 5) is 11.5. The van der Waals surface area contributed by atoms with Crippen molar-refractivity contribution in [3.05, 3.63) is 12.3 Å². The lowest BCUT2D eigenvalue weighted by atomic mass is 9.80. The minimum atomic E-state index is -0.427. The molecule has 1 saturated carbocycles. The van der Waals surface area contributed by atoms with Gasteiger partial charge in [0.1, 0.15) is 5.60 Å². The number of allylic oxidation sites excluding steroid dienone is 1. The van der Waals surface area contributed by atoms with Crippen LogP contribution in [0.25, 0.3) is 0 Å². The maximum atomic E-state index is 11.5. The molecule has 0 aromatic heterocycles. The predicted octanol–water partition coefficient (Wildman–Crippen LogP) is 3.18. The van der Waals surface area contributed by atoms with Crippen molar-refractivity contribution in [2.45, 2.75) is 58.5 Å². The third kappa shape index (κ3) is 7.09. The van der Waals surface area contributed by atoms with Crippen LogP contribution in [0.15, 0.2) is 12.3 Å². The number of carbonyl (C=O) groups excluding carboxylic acids is 1. The molecule has 1 rings (SSSR count). The quantitative estimate of drug-likeness (QED) is 0.823. The van der Waals surface area contributed by atoms with Crippen LogP contribution in [0.4, 0.5) is 4.79 Å². The highest BCUT2D eigenvalue weighted by molar-refractivity contribution is 5.67. The van der Waals surface area contributed by atoms with Gasteiger partial charge in [0.2, 0.25) is 0 Å². The van der Waals surface area contributed by atoms with Gasteiger partial charge >= 0.3 is 6.09 Å². The molecule has 0 aromatic rings. The molecule has 0 heterocycles. The SMILES string of the molecule is C=C(N)CC1CCC(CNC(=O)OC(C)(C)C)CC1. The van der Waals surface area contributed by atoms with Gasteiger partial charge in [-0.15, -0.1) is 0 Å². The summed E-state index contributed by atoms with van der Waals surface area (Å²) in [7, 11) is 0. The van der Waals surface area contributed by atoms with Gasteiger partial charge < -0.3 is 15.8 Å². The summed E-state index contributed by atoms with van der Waals surface area (Å²) >= 11 is 0. The van der Waals surface area contributed by atoms with Gasteiger partial charge in [0.25, 0.3) is 0 Å². The number of hydrogen-bond acceptors (Lipinski definition) is 3. The summed E-state index contributed by atoms with van der Waals surface area (Å²) in [6, 6.07) is 0. The summed E-state index contributed by atoms with van der Waals surface area (Å²) in [6.45, 7) is 10.1. The summed E-state index contributed by atoms with van der Waals surface area (Å²) in [5.41, 5.74) is 6.01. The second-order valence-electron chi connectivity index (χ2n) is 6.63. The smallest absolute Gasteiger partial charge is 0.407 e. The van der Waals surface area contributed by atoms with Crippen molar-refractivity contribution in [3.63, 3.8) is 0 Å². The average Bonchev–Trinajstić information content (AvgIpc) is 2.25. The lowest BCUT2D eigenvalue weighted by Gasteiger charge is -2.29. The van der Waals surface area contributed by atoms with E-state index in [2.05, 4.69) is 11.9 Å². The molecule has 0 saturated heterocycles. The third-order valence-corrected chi connectivity index (χ3v) is 3.45. The minimum absolute atomic E-state index is 0.315. The normalized spacial score (nSPS) is 23.7. The molecule has 0 radical (unpaired) electrons. The monoisotopic (exact) mass is 268 g/mol. The number of nitrogens with one attached hydrogen (secondary N) is 1. The Morgan fingerprint density at radius 1 is 1.26 bits per heavy atom. The Hall–Kier alpha value is -1.19. The van der Waals surface area contributed by atoms with Gasteiger partial charge in [-0.3, -0.25) is 0 Å². The van der Waals surface area contributed by atoms with Crippen molar-refractivity contribution < 1.29 is 9.53 Å². The standard InChI is InChI=1S/C15H28N2O2/c1-11(16)9-12-5-7-13(8-6-12)10-17-14(18)19-15(2,3)4/h12-13H,1,5-10,16H2,2-4H3,(H,17,18). The second kappa shape index (κ2) is 6.83. The van der Waals surface area contributed by atoms with E-state index < -0.39 is 5.60 Å². The van der Waals surface area contributed by atoms with Crippen molar-refractivity contribution in [1.29, 1.82) is 0 Å². The van der Waals surface area contributed by atoms with Gasteiger partial charge in [0, 0.05) is 12.2 Å². The van der Waals surface area contributed by atoms with E-state index in [0.717, 1.165) is 25.0 Å². The van der Waals surface area contributed by atoms with E-state index in [1.54, 1.807) is 0 Å². The fourth-order valence-corrected chi connectivity index (χ4v) is 2.55. The van der Waals surface area contributed by atoms with Crippen molar-refractivity contribution >= 4 is 6.09 Å². The lowest BCUT2D eigenvalue weighted by molar-refractivity contribution is 0.0513. The minimum Gasteiger partial charge on any atom is -0.444 e. The van der Waals surface area contributed by atoms with Crippen LogP contribution in [0.1, 0.15) is 52.9 Å². The number of alkyl carbamates (subject to hydrolysis) is 1. The maximum absolute atomic E-state index is 11.5. The van der Waals surface area contributed by atoms with E-state index >= 15 is 0 Å². The second-order valence-corrected chi connectivity index (χ2v) is 6.63. The topological polar surface area (TPSA) is 64.3 Å². The van der Waals surface area contributed by atoms with Crippen LogP contribution < -0.4 is 11.1 Å². The number of hydrogen-bond donors (Lipinski definition) is 2. The molecule has 0 atom stereocenters. The Kier molecular flexibility index (Phi) is 5.70. The molecule has 0 aromatic carbocycles. The number of nitrogens with two attached hydrogens (primary N) is 1. The molecule has 1 aliphatic carbocycles.